The minimum Gasteiger partial charge on any atom is -0.459 e. The van der Waals surface area contributed by atoms with Gasteiger partial charge in [0.05, 0.1) is 6.61 Å². The van der Waals surface area contributed by atoms with E-state index in [0.717, 1.165) is 19.3 Å². The molecule has 15 heavy (non-hydrogen) atoms. The molecule has 1 aliphatic rings. The molecule has 0 bridgehead atoms. The van der Waals surface area contributed by atoms with Gasteiger partial charge < -0.3 is 9.64 Å². The van der Waals surface area contributed by atoms with Crippen molar-refractivity contribution in [1.29, 1.82) is 0 Å². The zero-order valence-corrected chi connectivity index (χ0v) is 9.66. The summed E-state index contributed by atoms with van der Waals surface area (Å²) in [5.41, 5.74) is 0. The van der Waals surface area contributed by atoms with E-state index in [1.54, 1.807) is 11.8 Å². The Hall–Kier alpha value is -1.06. The molecule has 2 atom stereocenters. The van der Waals surface area contributed by atoms with Crippen molar-refractivity contribution in [2.75, 3.05) is 6.61 Å². The lowest BCUT2D eigenvalue weighted by molar-refractivity contribution is -0.163. The van der Waals surface area contributed by atoms with Crippen LogP contribution >= 0.6 is 0 Å². The highest BCUT2D eigenvalue weighted by Gasteiger charge is 2.33. The number of carbonyl (C=O) groups excluding carboxylic acids is 2. The standard InChI is InChI=1S/C11H19NO3/c1-4-15-11(14)10(13)12-8(2)6-5-7-9(12)3/h8-9H,4-7H2,1-3H3/t8-,9-/m1/s1. The van der Waals surface area contributed by atoms with Gasteiger partial charge in [-0.05, 0) is 40.0 Å². The Labute approximate surface area is 90.6 Å². The van der Waals surface area contributed by atoms with Gasteiger partial charge in [-0.1, -0.05) is 0 Å². The maximum absolute atomic E-state index is 11.8. The van der Waals surface area contributed by atoms with Gasteiger partial charge in [-0.15, -0.1) is 0 Å². The third kappa shape index (κ3) is 2.70. The molecule has 0 N–H and O–H groups in total. The lowest BCUT2D eigenvalue weighted by Gasteiger charge is -2.38. The highest BCUT2D eigenvalue weighted by atomic mass is 16.5. The summed E-state index contributed by atoms with van der Waals surface area (Å²) in [5, 5.41) is 0. The summed E-state index contributed by atoms with van der Waals surface area (Å²) < 4.78 is 4.72. The number of esters is 1. The average molecular weight is 213 g/mol. The molecular formula is C11H19NO3. The molecule has 0 unspecified atom stereocenters. The lowest BCUT2D eigenvalue weighted by atomic mass is 9.97. The van der Waals surface area contributed by atoms with Crippen molar-refractivity contribution in [2.45, 2.75) is 52.1 Å². The molecule has 1 saturated heterocycles. The number of hydrogen-bond acceptors (Lipinski definition) is 3. The molecule has 4 nitrogen and oxygen atoms in total. The Morgan fingerprint density at radius 2 is 1.80 bits per heavy atom. The van der Waals surface area contributed by atoms with Crippen LogP contribution in [0.15, 0.2) is 0 Å². The minimum absolute atomic E-state index is 0.144. The predicted octanol–water partition coefficient (Wildman–Crippen LogP) is 1.34. The second-order valence-corrected chi connectivity index (χ2v) is 4.06. The first-order valence-electron chi connectivity index (χ1n) is 5.57. The summed E-state index contributed by atoms with van der Waals surface area (Å²) in [6.07, 6.45) is 3.06. The molecule has 0 aromatic carbocycles. The topological polar surface area (TPSA) is 46.6 Å². The summed E-state index contributed by atoms with van der Waals surface area (Å²) in [5.74, 6) is -1.21. The van der Waals surface area contributed by atoms with Gasteiger partial charge in [-0.2, -0.15) is 0 Å². The zero-order valence-electron chi connectivity index (χ0n) is 9.66. The number of nitrogens with zero attached hydrogens (tertiary/aromatic N) is 1. The van der Waals surface area contributed by atoms with Gasteiger partial charge in [0.2, 0.25) is 0 Å². The fourth-order valence-corrected chi connectivity index (χ4v) is 2.12. The van der Waals surface area contributed by atoms with Gasteiger partial charge in [0.15, 0.2) is 0 Å². The maximum Gasteiger partial charge on any atom is 0.397 e. The van der Waals surface area contributed by atoms with Crippen molar-refractivity contribution in [2.24, 2.45) is 0 Å². The summed E-state index contributed by atoms with van der Waals surface area (Å²) in [4.78, 5) is 24.7. The average Bonchev–Trinajstić information content (AvgIpc) is 2.17. The first-order chi connectivity index (χ1) is 7.07. The second-order valence-electron chi connectivity index (χ2n) is 4.06. The van der Waals surface area contributed by atoms with Gasteiger partial charge >= 0.3 is 11.9 Å². The van der Waals surface area contributed by atoms with E-state index in [2.05, 4.69) is 0 Å². The van der Waals surface area contributed by atoms with Crippen LogP contribution in [0.1, 0.15) is 40.0 Å². The lowest BCUT2D eigenvalue weighted by Crippen LogP contribution is -2.50. The quantitative estimate of drug-likeness (QED) is 0.488. The Morgan fingerprint density at radius 1 is 1.27 bits per heavy atom. The molecular weight excluding hydrogens is 194 g/mol. The third-order valence-electron chi connectivity index (χ3n) is 2.88. The third-order valence-corrected chi connectivity index (χ3v) is 2.88. The number of rotatable bonds is 1. The molecule has 1 amide bonds. The van der Waals surface area contributed by atoms with Gasteiger partial charge in [0.25, 0.3) is 0 Å². The van der Waals surface area contributed by atoms with Crippen molar-refractivity contribution in [3.8, 4) is 0 Å². The van der Waals surface area contributed by atoms with Crippen LogP contribution in [0.4, 0.5) is 0 Å². The van der Waals surface area contributed by atoms with Gasteiger partial charge in [-0.25, -0.2) is 4.79 Å². The molecule has 0 aliphatic carbocycles. The van der Waals surface area contributed by atoms with Crippen LogP contribution in [0.3, 0.4) is 0 Å². The van der Waals surface area contributed by atoms with E-state index in [-0.39, 0.29) is 18.7 Å². The fourth-order valence-electron chi connectivity index (χ4n) is 2.12. The van der Waals surface area contributed by atoms with Crippen molar-refractivity contribution < 1.29 is 14.3 Å². The Kier molecular flexibility index (Phi) is 4.12. The SMILES string of the molecule is CCOC(=O)C(=O)N1[C@H](C)CCC[C@H]1C. The van der Waals surface area contributed by atoms with Crippen molar-refractivity contribution >= 4 is 11.9 Å². The van der Waals surface area contributed by atoms with E-state index >= 15 is 0 Å². The van der Waals surface area contributed by atoms with E-state index in [0.29, 0.717) is 0 Å². The molecule has 0 saturated carbocycles. The predicted molar refractivity (Wildman–Crippen MR) is 56.3 cm³/mol. The number of amides is 1. The molecule has 0 radical (unpaired) electrons. The van der Waals surface area contributed by atoms with Crippen molar-refractivity contribution in [3.05, 3.63) is 0 Å². The first-order valence-corrected chi connectivity index (χ1v) is 5.57. The van der Waals surface area contributed by atoms with Crippen molar-refractivity contribution in [3.63, 3.8) is 0 Å². The van der Waals surface area contributed by atoms with Crippen LogP contribution < -0.4 is 0 Å². The van der Waals surface area contributed by atoms with Gasteiger partial charge in [0, 0.05) is 12.1 Å². The van der Waals surface area contributed by atoms with E-state index in [1.807, 2.05) is 13.8 Å². The Balaban J connectivity index is 2.67. The fraction of sp³-hybridized carbons (Fsp3) is 0.818. The first kappa shape index (κ1) is 12.0. The summed E-state index contributed by atoms with van der Waals surface area (Å²) in [7, 11) is 0. The Morgan fingerprint density at radius 3 is 2.27 bits per heavy atom. The highest BCUT2D eigenvalue weighted by Crippen LogP contribution is 2.22. The summed E-state index contributed by atoms with van der Waals surface area (Å²) in [6.45, 7) is 5.91. The number of carbonyl (C=O) groups is 2. The molecule has 1 rings (SSSR count). The van der Waals surface area contributed by atoms with E-state index < -0.39 is 11.9 Å². The van der Waals surface area contributed by atoms with Gasteiger partial charge in [0.1, 0.15) is 0 Å². The molecule has 0 aromatic heterocycles. The van der Waals surface area contributed by atoms with Crippen LogP contribution in [-0.2, 0) is 14.3 Å². The van der Waals surface area contributed by atoms with Gasteiger partial charge in [-0.3, -0.25) is 4.79 Å². The van der Waals surface area contributed by atoms with Crippen molar-refractivity contribution in [1.82, 2.24) is 4.90 Å². The van der Waals surface area contributed by atoms with E-state index in [4.69, 9.17) is 4.74 Å². The van der Waals surface area contributed by atoms with E-state index in [9.17, 15) is 9.59 Å². The summed E-state index contributed by atoms with van der Waals surface area (Å²) in [6, 6.07) is 0.288. The number of hydrogen-bond donors (Lipinski definition) is 0. The number of ether oxygens (including phenoxy) is 1. The minimum atomic E-state index is -0.724. The zero-order chi connectivity index (χ0) is 11.4. The van der Waals surface area contributed by atoms with E-state index in [1.165, 1.54) is 0 Å². The Bertz CT molecular complexity index is 242. The van der Waals surface area contributed by atoms with Crippen LogP contribution in [0.5, 0.6) is 0 Å². The largest absolute Gasteiger partial charge is 0.459 e. The molecule has 0 spiro atoms. The molecule has 1 aliphatic heterocycles. The highest BCUT2D eigenvalue weighted by molar-refractivity contribution is 6.32. The van der Waals surface area contributed by atoms with Crippen LogP contribution in [-0.4, -0.2) is 35.5 Å². The monoisotopic (exact) mass is 213 g/mol. The smallest absolute Gasteiger partial charge is 0.397 e. The molecule has 1 heterocycles. The normalized spacial score (nSPS) is 26.2. The molecule has 1 fully saturated rings. The maximum atomic E-state index is 11.8. The number of likely N-dealkylation sites (tertiary alicyclic amines) is 1. The molecule has 86 valence electrons. The number of piperidine rings is 1. The molecule has 4 heteroatoms. The van der Waals surface area contributed by atoms with Crippen LogP contribution in [0.25, 0.3) is 0 Å². The van der Waals surface area contributed by atoms with Crippen LogP contribution in [0, 0.1) is 0 Å². The van der Waals surface area contributed by atoms with Crippen LogP contribution in [0.2, 0.25) is 0 Å². The molecule has 0 aromatic rings. The second kappa shape index (κ2) is 5.14. The summed E-state index contributed by atoms with van der Waals surface area (Å²) >= 11 is 0.